The van der Waals surface area contributed by atoms with Gasteiger partial charge in [0.05, 0.1) is 0 Å². The highest BCUT2D eigenvalue weighted by molar-refractivity contribution is 5.31. The first kappa shape index (κ1) is 13.6. The smallest absolute Gasteiger partial charge is 0.317 e. The number of hydrogen-bond donors (Lipinski definition) is 1. The topological polar surface area (TPSA) is 12.0 Å². The maximum absolute atomic E-state index is 13.7. The molecular formula is C13H17F4N. The van der Waals surface area contributed by atoms with Crippen LogP contribution in [0.5, 0.6) is 0 Å². The standard InChI is InChI=1S/C13H17F4N/c14-12-8-11(13(15,16)17)2-1-10(12)7-9-3-5-18-6-4-9/h8-9,18H,1-7H2. The monoisotopic (exact) mass is 263 g/mol. The molecular weight excluding hydrogens is 246 g/mol. The lowest BCUT2D eigenvalue weighted by atomic mass is 9.86. The molecule has 1 N–H and O–H groups in total. The Morgan fingerprint density at radius 2 is 1.83 bits per heavy atom. The molecule has 1 fully saturated rings. The average Bonchev–Trinajstić information content (AvgIpc) is 2.32. The van der Waals surface area contributed by atoms with Crippen LogP contribution in [0.1, 0.15) is 32.1 Å². The van der Waals surface area contributed by atoms with Crippen molar-refractivity contribution >= 4 is 0 Å². The van der Waals surface area contributed by atoms with E-state index in [1.807, 2.05) is 0 Å². The van der Waals surface area contributed by atoms with Crippen molar-refractivity contribution in [1.82, 2.24) is 5.32 Å². The molecule has 0 spiro atoms. The van der Waals surface area contributed by atoms with Crippen molar-refractivity contribution in [3.8, 4) is 0 Å². The minimum Gasteiger partial charge on any atom is -0.317 e. The highest BCUT2D eigenvalue weighted by Gasteiger charge is 2.35. The van der Waals surface area contributed by atoms with E-state index in [0.29, 0.717) is 24.0 Å². The second-order valence-electron chi connectivity index (χ2n) is 5.02. The summed E-state index contributed by atoms with van der Waals surface area (Å²) in [6, 6.07) is 0. The van der Waals surface area contributed by atoms with Crippen molar-refractivity contribution in [2.45, 2.75) is 38.3 Å². The Morgan fingerprint density at radius 3 is 2.39 bits per heavy atom. The number of hydrogen-bond acceptors (Lipinski definition) is 1. The van der Waals surface area contributed by atoms with Crippen LogP contribution >= 0.6 is 0 Å². The zero-order chi connectivity index (χ0) is 13.2. The van der Waals surface area contributed by atoms with Gasteiger partial charge in [0.15, 0.2) is 0 Å². The first-order valence-corrected chi connectivity index (χ1v) is 6.33. The van der Waals surface area contributed by atoms with Crippen molar-refractivity contribution in [3.63, 3.8) is 0 Å². The summed E-state index contributed by atoms with van der Waals surface area (Å²) in [6.07, 6.45) is -1.02. The summed E-state index contributed by atoms with van der Waals surface area (Å²) in [6.45, 7) is 1.84. The highest BCUT2D eigenvalue weighted by atomic mass is 19.4. The van der Waals surface area contributed by atoms with Gasteiger partial charge in [-0.05, 0) is 62.8 Å². The van der Waals surface area contributed by atoms with Crippen LogP contribution in [-0.4, -0.2) is 19.3 Å². The predicted octanol–water partition coefficient (Wildman–Crippen LogP) is 3.88. The Hall–Kier alpha value is -0.840. The number of piperidine rings is 1. The molecule has 0 radical (unpaired) electrons. The largest absolute Gasteiger partial charge is 0.412 e. The van der Waals surface area contributed by atoms with E-state index in [9.17, 15) is 17.6 Å². The molecule has 0 bridgehead atoms. The zero-order valence-electron chi connectivity index (χ0n) is 10.1. The van der Waals surface area contributed by atoms with E-state index in [1.165, 1.54) is 0 Å². The summed E-state index contributed by atoms with van der Waals surface area (Å²) in [7, 11) is 0. The van der Waals surface area contributed by atoms with Gasteiger partial charge in [0, 0.05) is 5.57 Å². The number of alkyl halides is 3. The lowest BCUT2D eigenvalue weighted by Gasteiger charge is -2.25. The van der Waals surface area contributed by atoms with E-state index in [1.54, 1.807) is 0 Å². The van der Waals surface area contributed by atoms with Crippen LogP contribution < -0.4 is 5.32 Å². The Labute approximate surface area is 104 Å². The molecule has 2 rings (SSSR count). The minimum absolute atomic E-state index is 0.0861. The number of rotatable bonds is 2. The van der Waals surface area contributed by atoms with E-state index in [4.69, 9.17) is 0 Å². The number of nitrogens with one attached hydrogen (secondary N) is 1. The molecule has 0 atom stereocenters. The van der Waals surface area contributed by atoms with Crippen LogP contribution in [0.25, 0.3) is 0 Å². The number of allylic oxidation sites excluding steroid dienone is 4. The van der Waals surface area contributed by atoms with Crippen LogP contribution in [0.2, 0.25) is 0 Å². The third-order valence-corrected chi connectivity index (χ3v) is 3.69. The van der Waals surface area contributed by atoms with E-state index in [2.05, 4.69) is 5.32 Å². The second-order valence-corrected chi connectivity index (χ2v) is 5.02. The summed E-state index contributed by atoms with van der Waals surface area (Å²) >= 11 is 0. The quantitative estimate of drug-likeness (QED) is 0.745. The van der Waals surface area contributed by atoms with Gasteiger partial charge < -0.3 is 5.32 Å². The van der Waals surface area contributed by atoms with Crippen LogP contribution in [-0.2, 0) is 0 Å². The van der Waals surface area contributed by atoms with Gasteiger partial charge >= 0.3 is 6.18 Å². The number of halogens is 4. The van der Waals surface area contributed by atoms with Gasteiger partial charge in [0.1, 0.15) is 5.83 Å². The molecule has 0 amide bonds. The van der Waals surface area contributed by atoms with E-state index >= 15 is 0 Å². The molecule has 0 aromatic heterocycles. The SMILES string of the molecule is FC1=C(CC2CCNCC2)CCC(C(F)(F)F)=C1. The summed E-state index contributed by atoms with van der Waals surface area (Å²) in [5.41, 5.74) is -0.177. The molecule has 1 nitrogen and oxygen atoms in total. The summed E-state index contributed by atoms with van der Waals surface area (Å²) in [5.74, 6) is -0.250. The van der Waals surface area contributed by atoms with Crippen molar-refractivity contribution < 1.29 is 17.6 Å². The molecule has 18 heavy (non-hydrogen) atoms. The Morgan fingerprint density at radius 1 is 1.17 bits per heavy atom. The molecule has 1 heterocycles. The van der Waals surface area contributed by atoms with Gasteiger partial charge in [0.25, 0.3) is 0 Å². The summed E-state index contributed by atoms with van der Waals surface area (Å²) < 4.78 is 51.0. The molecule has 0 aromatic rings. The fourth-order valence-corrected chi connectivity index (χ4v) is 2.59. The van der Waals surface area contributed by atoms with Crippen molar-refractivity contribution in [3.05, 3.63) is 23.0 Å². The molecule has 0 aromatic carbocycles. The van der Waals surface area contributed by atoms with Gasteiger partial charge in [-0.2, -0.15) is 13.2 Å². The van der Waals surface area contributed by atoms with Crippen LogP contribution in [0.3, 0.4) is 0 Å². The lowest BCUT2D eigenvalue weighted by Crippen LogP contribution is -2.28. The molecule has 102 valence electrons. The van der Waals surface area contributed by atoms with Crippen molar-refractivity contribution in [2.24, 2.45) is 5.92 Å². The molecule has 0 saturated carbocycles. The highest BCUT2D eigenvalue weighted by Crippen LogP contribution is 2.38. The molecule has 0 unspecified atom stereocenters. The van der Waals surface area contributed by atoms with Crippen molar-refractivity contribution in [1.29, 1.82) is 0 Å². The minimum atomic E-state index is -4.39. The lowest BCUT2D eigenvalue weighted by molar-refractivity contribution is -0.0943. The van der Waals surface area contributed by atoms with E-state index < -0.39 is 17.6 Å². The molecule has 5 heteroatoms. The van der Waals surface area contributed by atoms with Gasteiger partial charge in [-0.3, -0.25) is 0 Å². The molecule has 1 saturated heterocycles. The fourth-order valence-electron chi connectivity index (χ4n) is 2.59. The maximum atomic E-state index is 13.7. The Balaban J connectivity index is 2.03. The first-order valence-electron chi connectivity index (χ1n) is 6.33. The van der Waals surface area contributed by atoms with Crippen LogP contribution in [0.15, 0.2) is 23.0 Å². The maximum Gasteiger partial charge on any atom is 0.412 e. The predicted molar refractivity (Wildman–Crippen MR) is 61.7 cm³/mol. The third kappa shape index (κ3) is 3.34. The Bertz CT molecular complexity index is 362. The van der Waals surface area contributed by atoms with E-state index in [-0.39, 0.29) is 12.8 Å². The molecule has 1 aliphatic carbocycles. The molecule has 2 aliphatic rings. The average molecular weight is 263 g/mol. The summed E-state index contributed by atoms with van der Waals surface area (Å²) in [4.78, 5) is 0. The zero-order valence-corrected chi connectivity index (χ0v) is 10.1. The second kappa shape index (κ2) is 5.43. The van der Waals surface area contributed by atoms with Gasteiger partial charge in [-0.25, -0.2) is 4.39 Å². The van der Waals surface area contributed by atoms with Crippen molar-refractivity contribution in [2.75, 3.05) is 13.1 Å². The normalized spacial score (nSPS) is 23.2. The first-order chi connectivity index (χ1) is 8.47. The summed E-state index contributed by atoms with van der Waals surface area (Å²) in [5, 5.41) is 3.22. The Kier molecular flexibility index (Phi) is 4.10. The van der Waals surface area contributed by atoms with Crippen LogP contribution in [0.4, 0.5) is 17.6 Å². The third-order valence-electron chi connectivity index (χ3n) is 3.69. The van der Waals surface area contributed by atoms with E-state index in [0.717, 1.165) is 25.9 Å². The van der Waals surface area contributed by atoms with Gasteiger partial charge in [-0.1, -0.05) is 0 Å². The fraction of sp³-hybridized carbons (Fsp3) is 0.692. The van der Waals surface area contributed by atoms with Crippen LogP contribution in [0, 0.1) is 5.92 Å². The van der Waals surface area contributed by atoms with Gasteiger partial charge in [0.2, 0.25) is 0 Å². The van der Waals surface area contributed by atoms with Gasteiger partial charge in [-0.15, -0.1) is 0 Å². The molecule has 1 aliphatic heterocycles.